The number of anilines is 1. The van der Waals surface area contributed by atoms with Crippen LogP contribution in [0.25, 0.3) is 21.8 Å². The molecular weight excluding hydrogens is 557 g/mol. The standard InChI is InChI=1S/C31H31N7O.2ClH/c1-37-27-14-12-24(19-26(27)36-29(37)15-8-20-6-9-22(10-7-20)30(34)35)31(39)38(17-16-28(32)33)25-13-11-21-4-2-3-5-23(21)18-25;;/h2-7,9-14,18-19H,8,15-17H2,1H3,(H3,32,33)(H3,34,35);2*1H. The number of nitrogens with zero attached hydrogens (tertiary/aromatic N) is 3. The monoisotopic (exact) mass is 589 g/mol. The molecule has 0 radical (unpaired) electrons. The topological polar surface area (TPSA) is 138 Å². The normalized spacial score (nSPS) is 10.6. The number of halogens is 2. The fourth-order valence-corrected chi connectivity index (χ4v) is 4.79. The Kier molecular flexibility index (Phi) is 10.1. The van der Waals surface area contributed by atoms with E-state index in [0.29, 0.717) is 17.7 Å². The van der Waals surface area contributed by atoms with Crippen molar-refractivity contribution in [1.82, 2.24) is 9.55 Å². The van der Waals surface area contributed by atoms with Gasteiger partial charge in [0.2, 0.25) is 0 Å². The quantitative estimate of drug-likeness (QED) is 0.131. The van der Waals surface area contributed by atoms with Gasteiger partial charge in [0, 0.05) is 43.2 Å². The van der Waals surface area contributed by atoms with E-state index in [2.05, 4.69) is 4.57 Å². The third-order valence-corrected chi connectivity index (χ3v) is 7.02. The van der Waals surface area contributed by atoms with Crippen LogP contribution in [0.5, 0.6) is 0 Å². The summed E-state index contributed by atoms with van der Waals surface area (Å²) in [6, 6.07) is 27.2. The molecule has 6 N–H and O–H groups in total. The molecule has 5 aromatic rings. The Hall–Kier alpha value is -4.40. The van der Waals surface area contributed by atoms with Crippen molar-refractivity contribution in [2.75, 3.05) is 11.4 Å². The summed E-state index contributed by atoms with van der Waals surface area (Å²) in [6.45, 7) is 0.306. The van der Waals surface area contributed by atoms with Crippen LogP contribution < -0.4 is 16.4 Å². The Morgan fingerprint density at radius 2 is 1.54 bits per heavy atom. The van der Waals surface area contributed by atoms with Crippen LogP contribution in [0.3, 0.4) is 0 Å². The highest BCUT2D eigenvalue weighted by Crippen LogP contribution is 2.25. The molecule has 1 amide bonds. The first kappa shape index (κ1) is 31.1. The molecule has 1 aromatic heterocycles. The van der Waals surface area contributed by atoms with Crippen molar-refractivity contribution in [2.24, 2.45) is 18.5 Å². The van der Waals surface area contributed by atoms with Gasteiger partial charge in [0.15, 0.2) is 0 Å². The molecule has 0 unspecified atom stereocenters. The molecule has 0 aliphatic rings. The number of nitrogens with two attached hydrogens (primary N) is 2. The Bertz CT molecular complexity index is 1710. The van der Waals surface area contributed by atoms with Gasteiger partial charge in [0.05, 0.1) is 16.9 Å². The van der Waals surface area contributed by atoms with Crippen LogP contribution in [-0.4, -0.2) is 33.7 Å². The van der Waals surface area contributed by atoms with E-state index < -0.39 is 0 Å². The van der Waals surface area contributed by atoms with Crippen molar-refractivity contribution in [1.29, 1.82) is 10.8 Å². The number of carbonyl (C=O) groups is 1. The predicted molar refractivity (Wildman–Crippen MR) is 172 cm³/mol. The van der Waals surface area contributed by atoms with Gasteiger partial charge >= 0.3 is 0 Å². The van der Waals surface area contributed by atoms with E-state index in [-0.39, 0.29) is 48.8 Å². The van der Waals surface area contributed by atoms with Gasteiger partial charge in [-0.3, -0.25) is 15.6 Å². The summed E-state index contributed by atoms with van der Waals surface area (Å²) >= 11 is 0. The van der Waals surface area contributed by atoms with Crippen LogP contribution in [0, 0.1) is 10.8 Å². The Morgan fingerprint density at radius 1 is 0.854 bits per heavy atom. The summed E-state index contributed by atoms with van der Waals surface area (Å²) in [5.74, 6) is 0.858. The lowest BCUT2D eigenvalue weighted by Crippen LogP contribution is -2.34. The number of amides is 1. The van der Waals surface area contributed by atoms with Gasteiger partial charge in [0.1, 0.15) is 11.7 Å². The second-order valence-electron chi connectivity index (χ2n) is 9.66. The predicted octanol–water partition coefficient (Wildman–Crippen LogP) is 5.61. The summed E-state index contributed by atoms with van der Waals surface area (Å²) in [4.78, 5) is 20.3. The minimum absolute atomic E-state index is 0. The number of fused-ring (bicyclic) bond motifs is 2. The van der Waals surface area contributed by atoms with Crippen molar-refractivity contribution < 1.29 is 4.79 Å². The minimum atomic E-state index is -0.161. The van der Waals surface area contributed by atoms with Gasteiger partial charge < -0.3 is 20.9 Å². The van der Waals surface area contributed by atoms with Crippen LogP contribution in [0.1, 0.15) is 33.7 Å². The molecule has 4 aromatic carbocycles. The van der Waals surface area contributed by atoms with Crippen LogP contribution in [0.4, 0.5) is 5.69 Å². The molecular formula is C31H33Cl2N7O. The molecule has 0 spiro atoms. The maximum absolute atomic E-state index is 13.8. The van der Waals surface area contributed by atoms with E-state index in [4.69, 9.17) is 27.3 Å². The molecule has 0 aliphatic carbocycles. The van der Waals surface area contributed by atoms with Gasteiger partial charge in [-0.2, -0.15) is 0 Å². The van der Waals surface area contributed by atoms with Gasteiger partial charge in [-0.05, 0) is 53.1 Å². The number of hydrogen-bond donors (Lipinski definition) is 4. The van der Waals surface area contributed by atoms with Crippen molar-refractivity contribution in [3.8, 4) is 0 Å². The van der Waals surface area contributed by atoms with E-state index >= 15 is 0 Å². The van der Waals surface area contributed by atoms with E-state index in [1.807, 2.05) is 92.0 Å². The number of aryl methyl sites for hydroxylation is 3. The second-order valence-corrected chi connectivity index (χ2v) is 9.66. The number of carbonyl (C=O) groups excluding carboxylic acids is 1. The van der Waals surface area contributed by atoms with Crippen molar-refractivity contribution >= 4 is 69.9 Å². The fraction of sp³-hybridized carbons (Fsp3) is 0.161. The van der Waals surface area contributed by atoms with Gasteiger partial charge in [-0.25, -0.2) is 4.98 Å². The minimum Gasteiger partial charge on any atom is -0.388 e. The number of aromatic nitrogens is 2. The molecule has 212 valence electrons. The summed E-state index contributed by atoms with van der Waals surface area (Å²) in [5, 5.41) is 17.4. The number of nitrogen functional groups attached to an aromatic ring is 1. The number of hydrogen-bond acceptors (Lipinski definition) is 4. The summed E-state index contributed by atoms with van der Waals surface area (Å²) in [6.07, 6.45) is 1.81. The van der Waals surface area contributed by atoms with E-state index in [1.165, 1.54) is 0 Å². The molecule has 0 aliphatic heterocycles. The zero-order valence-electron chi connectivity index (χ0n) is 22.6. The highest BCUT2D eigenvalue weighted by molar-refractivity contribution is 6.08. The number of rotatable bonds is 9. The second kappa shape index (κ2) is 13.3. The van der Waals surface area contributed by atoms with Gasteiger partial charge in [0.25, 0.3) is 5.91 Å². The van der Waals surface area contributed by atoms with Gasteiger partial charge in [-0.1, -0.05) is 54.6 Å². The van der Waals surface area contributed by atoms with Gasteiger partial charge in [-0.15, -0.1) is 24.8 Å². The average Bonchev–Trinajstić information content (AvgIpc) is 3.26. The molecule has 41 heavy (non-hydrogen) atoms. The average molecular weight is 591 g/mol. The zero-order chi connectivity index (χ0) is 27.5. The SMILES string of the molecule is Cl.Cl.Cn1c(CCc2ccc(C(=N)N)cc2)nc2cc(C(=O)N(CCC(=N)N)c3ccc4ccccc4c3)ccc21. The van der Waals surface area contributed by atoms with Crippen LogP contribution in [0.15, 0.2) is 84.9 Å². The van der Waals surface area contributed by atoms with Crippen LogP contribution in [-0.2, 0) is 19.9 Å². The van der Waals surface area contributed by atoms with Crippen molar-refractivity contribution in [3.05, 3.63) is 107 Å². The highest BCUT2D eigenvalue weighted by Gasteiger charge is 2.20. The Morgan fingerprint density at radius 3 is 2.22 bits per heavy atom. The number of amidine groups is 2. The van der Waals surface area contributed by atoms with Crippen molar-refractivity contribution in [3.63, 3.8) is 0 Å². The molecule has 5 rings (SSSR count). The van der Waals surface area contributed by atoms with Crippen LogP contribution in [0.2, 0.25) is 0 Å². The lowest BCUT2D eigenvalue weighted by atomic mass is 10.1. The van der Waals surface area contributed by atoms with E-state index in [1.54, 1.807) is 4.90 Å². The molecule has 8 nitrogen and oxygen atoms in total. The third-order valence-electron chi connectivity index (χ3n) is 7.02. The number of nitrogens with one attached hydrogen (secondary N) is 2. The largest absolute Gasteiger partial charge is 0.388 e. The lowest BCUT2D eigenvalue weighted by Gasteiger charge is -2.23. The highest BCUT2D eigenvalue weighted by atomic mass is 35.5. The maximum atomic E-state index is 13.8. The lowest BCUT2D eigenvalue weighted by molar-refractivity contribution is 0.0988. The fourth-order valence-electron chi connectivity index (χ4n) is 4.79. The number of benzene rings is 4. The molecule has 0 bridgehead atoms. The van der Waals surface area contributed by atoms with Crippen molar-refractivity contribution in [2.45, 2.75) is 19.3 Å². The molecule has 1 heterocycles. The molecule has 0 atom stereocenters. The zero-order valence-corrected chi connectivity index (χ0v) is 24.3. The van der Waals surface area contributed by atoms with E-state index in [9.17, 15) is 4.79 Å². The molecule has 10 heteroatoms. The Labute approximate surface area is 251 Å². The number of imidazole rings is 1. The van der Waals surface area contributed by atoms with Crippen LogP contribution >= 0.6 is 24.8 Å². The summed E-state index contributed by atoms with van der Waals surface area (Å²) in [5.41, 5.74) is 16.1. The maximum Gasteiger partial charge on any atom is 0.258 e. The first-order chi connectivity index (χ1) is 18.8. The first-order valence-electron chi connectivity index (χ1n) is 12.8. The summed E-state index contributed by atoms with van der Waals surface area (Å²) in [7, 11) is 1.99. The molecule has 0 saturated heterocycles. The Balaban J connectivity index is 0.00000231. The van der Waals surface area contributed by atoms with E-state index in [0.717, 1.165) is 51.7 Å². The third kappa shape index (κ3) is 6.85. The smallest absolute Gasteiger partial charge is 0.258 e. The first-order valence-corrected chi connectivity index (χ1v) is 12.8. The summed E-state index contributed by atoms with van der Waals surface area (Å²) < 4.78 is 2.06. The molecule has 0 fully saturated rings. The molecule has 0 saturated carbocycles.